The van der Waals surface area contributed by atoms with E-state index < -0.39 is 34.8 Å². The number of carboxylic acid groups (broad SMARTS) is 1. The van der Waals surface area contributed by atoms with E-state index >= 15 is 0 Å². The Morgan fingerprint density at radius 3 is 1.67 bits per heavy atom. The topological polar surface area (TPSA) is 65.0 Å². The normalized spacial score (nSPS) is 17.5. The van der Waals surface area contributed by atoms with Crippen molar-refractivity contribution < 1.29 is 23.5 Å². The standard InChI is InChI=1S/C20H44O5Si2/c1-15(24-26(9,10)19(3,4)5)13-14-23-17(18(21)22)16(2)25-27(11,12)20(6,7)8/h15-17H,13-14H2,1-12H3,(H,21,22)/t15-,16-,17?/m1/s1. The van der Waals surface area contributed by atoms with Gasteiger partial charge < -0.3 is 18.7 Å². The maximum absolute atomic E-state index is 11.7. The van der Waals surface area contributed by atoms with E-state index in [1.165, 1.54) is 0 Å². The van der Waals surface area contributed by atoms with Crippen LogP contribution in [0, 0.1) is 0 Å². The summed E-state index contributed by atoms with van der Waals surface area (Å²) in [5, 5.41) is 9.76. The lowest BCUT2D eigenvalue weighted by atomic mass is 10.2. The van der Waals surface area contributed by atoms with Crippen molar-refractivity contribution >= 4 is 22.6 Å². The van der Waals surface area contributed by atoms with Gasteiger partial charge in [0.05, 0.1) is 12.7 Å². The fourth-order valence-electron chi connectivity index (χ4n) is 2.21. The molecule has 0 aliphatic carbocycles. The maximum atomic E-state index is 11.7. The third kappa shape index (κ3) is 8.35. The van der Waals surface area contributed by atoms with Crippen LogP contribution in [0.1, 0.15) is 61.8 Å². The molecule has 0 aromatic carbocycles. The van der Waals surface area contributed by atoms with E-state index in [0.29, 0.717) is 13.0 Å². The van der Waals surface area contributed by atoms with E-state index in [0.717, 1.165) is 0 Å². The molecule has 5 nitrogen and oxygen atoms in total. The van der Waals surface area contributed by atoms with Crippen LogP contribution in [0.5, 0.6) is 0 Å². The second-order valence-corrected chi connectivity index (χ2v) is 20.2. The smallest absolute Gasteiger partial charge is 0.335 e. The van der Waals surface area contributed by atoms with Crippen molar-refractivity contribution in [3.05, 3.63) is 0 Å². The van der Waals surface area contributed by atoms with Crippen molar-refractivity contribution in [2.75, 3.05) is 6.61 Å². The van der Waals surface area contributed by atoms with Crippen LogP contribution < -0.4 is 0 Å². The first kappa shape index (κ1) is 26.8. The zero-order valence-electron chi connectivity index (χ0n) is 19.7. The van der Waals surface area contributed by atoms with Crippen molar-refractivity contribution in [3.8, 4) is 0 Å². The first-order chi connectivity index (χ1) is 11.8. The Morgan fingerprint density at radius 1 is 0.889 bits per heavy atom. The molecule has 7 heteroatoms. The zero-order valence-corrected chi connectivity index (χ0v) is 21.7. The molecule has 0 radical (unpaired) electrons. The summed E-state index contributed by atoms with van der Waals surface area (Å²) in [5.74, 6) is -0.973. The van der Waals surface area contributed by atoms with Crippen LogP contribution in [0.2, 0.25) is 36.3 Å². The van der Waals surface area contributed by atoms with Crippen molar-refractivity contribution in [2.45, 2.75) is 116 Å². The molecule has 0 heterocycles. The number of carbonyl (C=O) groups is 1. The van der Waals surface area contributed by atoms with Gasteiger partial charge >= 0.3 is 5.97 Å². The fourth-order valence-corrected chi connectivity index (χ4v) is 5.09. The Balaban J connectivity index is 4.76. The van der Waals surface area contributed by atoms with Gasteiger partial charge in [0.2, 0.25) is 0 Å². The molecule has 0 aliphatic rings. The number of rotatable bonds is 10. The van der Waals surface area contributed by atoms with Crippen molar-refractivity contribution in [2.24, 2.45) is 0 Å². The second-order valence-electron chi connectivity index (χ2n) is 10.7. The molecule has 0 saturated carbocycles. The van der Waals surface area contributed by atoms with Crippen LogP contribution >= 0.6 is 0 Å². The van der Waals surface area contributed by atoms with Crippen LogP contribution in [0.15, 0.2) is 0 Å². The van der Waals surface area contributed by atoms with Crippen LogP contribution in [0.4, 0.5) is 0 Å². The first-order valence-corrected chi connectivity index (χ1v) is 15.8. The van der Waals surface area contributed by atoms with Crippen molar-refractivity contribution in [1.29, 1.82) is 0 Å². The molecular weight excluding hydrogens is 376 g/mol. The lowest BCUT2D eigenvalue weighted by Crippen LogP contribution is -2.48. The van der Waals surface area contributed by atoms with E-state index in [2.05, 4.69) is 67.7 Å². The van der Waals surface area contributed by atoms with Crippen molar-refractivity contribution in [3.63, 3.8) is 0 Å². The molecule has 0 fully saturated rings. The Morgan fingerprint density at radius 2 is 1.30 bits per heavy atom. The highest BCUT2D eigenvalue weighted by Gasteiger charge is 2.41. The van der Waals surface area contributed by atoms with Gasteiger partial charge in [-0.2, -0.15) is 0 Å². The number of hydrogen-bond donors (Lipinski definition) is 1. The first-order valence-electron chi connectivity index (χ1n) is 10.0. The Hall–Kier alpha value is -0.216. The molecule has 162 valence electrons. The minimum atomic E-state index is -2.05. The lowest BCUT2D eigenvalue weighted by molar-refractivity contribution is -0.157. The number of carboxylic acids is 1. The molecular formula is C20H44O5Si2. The molecule has 27 heavy (non-hydrogen) atoms. The summed E-state index contributed by atoms with van der Waals surface area (Å²) in [6.45, 7) is 25.9. The summed E-state index contributed by atoms with van der Waals surface area (Å²) in [4.78, 5) is 11.7. The summed E-state index contributed by atoms with van der Waals surface area (Å²) < 4.78 is 18.3. The number of aliphatic carboxylic acids is 1. The van der Waals surface area contributed by atoms with E-state index in [1.54, 1.807) is 6.92 Å². The van der Waals surface area contributed by atoms with Crippen LogP contribution in [-0.2, 0) is 18.4 Å². The molecule has 0 aromatic rings. The minimum absolute atomic E-state index is 0.0236. The van der Waals surface area contributed by atoms with E-state index in [-0.39, 0.29) is 16.2 Å². The average Bonchev–Trinajstić information content (AvgIpc) is 2.39. The van der Waals surface area contributed by atoms with Crippen molar-refractivity contribution in [1.82, 2.24) is 0 Å². The third-order valence-electron chi connectivity index (χ3n) is 6.08. The summed E-state index contributed by atoms with van der Waals surface area (Å²) in [7, 11) is -3.89. The van der Waals surface area contributed by atoms with E-state index in [9.17, 15) is 9.90 Å². The molecule has 0 saturated heterocycles. The predicted octanol–water partition coefficient (Wildman–Crippen LogP) is 5.67. The summed E-state index contributed by atoms with van der Waals surface area (Å²) in [6.07, 6.45) is -0.737. The minimum Gasteiger partial charge on any atom is -0.479 e. The highest BCUT2D eigenvalue weighted by molar-refractivity contribution is 6.74. The van der Waals surface area contributed by atoms with Gasteiger partial charge in [0.25, 0.3) is 0 Å². The summed E-state index contributed by atoms with van der Waals surface area (Å²) >= 11 is 0. The van der Waals surface area contributed by atoms with E-state index in [4.69, 9.17) is 13.6 Å². The van der Waals surface area contributed by atoms with Gasteiger partial charge in [-0.05, 0) is 56.5 Å². The van der Waals surface area contributed by atoms with Gasteiger partial charge in [0.1, 0.15) is 0 Å². The molecule has 0 aromatic heterocycles. The molecule has 0 bridgehead atoms. The molecule has 3 atom stereocenters. The Labute approximate surface area is 169 Å². The second kappa shape index (κ2) is 9.52. The molecule has 1 unspecified atom stereocenters. The quantitative estimate of drug-likeness (QED) is 0.461. The van der Waals surface area contributed by atoms with Gasteiger partial charge in [-0.1, -0.05) is 41.5 Å². The maximum Gasteiger partial charge on any atom is 0.335 e. The monoisotopic (exact) mass is 420 g/mol. The predicted molar refractivity (Wildman–Crippen MR) is 117 cm³/mol. The molecule has 0 spiro atoms. The average molecular weight is 421 g/mol. The zero-order chi connectivity index (χ0) is 21.8. The highest BCUT2D eigenvalue weighted by atomic mass is 28.4. The van der Waals surface area contributed by atoms with Crippen LogP contribution in [0.3, 0.4) is 0 Å². The van der Waals surface area contributed by atoms with E-state index in [1.807, 2.05) is 6.92 Å². The molecule has 0 rings (SSSR count). The molecule has 0 aliphatic heterocycles. The van der Waals surface area contributed by atoms with Gasteiger partial charge in [-0.15, -0.1) is 0 Å². The Bertz CT molecular complexity index is 478. The molecule has 0 amide bonds. The number of ether oxygens (including phenoxy) is 1. The number of hydrogen-bond acceptors (Lipinski definition) is 4. The molecule has 1 N–H and O–H groups in total. The van der Waals surface area contributed by atoms with Gasteiger partial charge in [0, 0.05) is 6.10 Å². The van der Waals surface area contributed by atoms with Crippen LogP contribution in [-0.4, -0.2) is 52.6 Å². The summed E-state index contributed by atoms with van der Waals surface area (Å²) in [5.41, 5.74) is 0. The third-order valence-corrected chi connectivity index (χ3v) is 15.3. The van der Waals surface area contributed by atoms with Crippen LogP contribution in [0.25, 0.3) is 0 Å². The fraction of sp³-hybridized carbons (Fsp3) is 0.950. The Kier molecular flexibility index (Phi) is 9.45. The highest BCUT2D eigenvalue weighted by Crippen LogP contribution is 2.38. The summed E-state index contributed by atoms with van der Waals surface area (Å²) in [6, 6.07) is 0. The lowest BCUT2D eigenvalue weighted by Gasteiger charge is -2.40. The largest absolute Gasteiger partial charge is 0.479 e. The van der Waals surface area contributed by atoms with Gasteiger partial charge in [-0.3, -0.25) is 0 Å². The van der Waals surface area contributed by atoms with Gasteiger partial charge in [0.15, 0.2) is 22.7 Å². The SMILES string of the molecule is C[C@H](CCOC(C(=O)O)[C@@H](C)O[Si](C)(C)C(C)(C)C)O[Si](C)(C)C(C)(C)C. The van der Waals surface area contributed by atoms with Gasteiger partial charge in [-0.25, -0.2) is 4.79 Å².